The van der Waals surface area contributed by atoms with Crippen LogP contribution < -0.4 is 9.64 Å². The normalized spacial score (nSPS) is 24.2. The Morgan fingerprint density at radius 1 is 1.30 bits per heavy atom. The molecule has 2 atom stereocenters. The molecule has 4 rings (SSSR count). The van der Waals surface area contributed by atoms with Crippen molar-refractivity contribution in [1.29, 1.82) is 0 Å². The van der Waals surface area contributed by atoms with E-state index in [1.807, 2.05) is 32.1 Å². The number of hydrogen-bond acceptors (Lipinski definition) is 4. The summed E-state index contributed by atoms with van der Waals surface area (Å²) < 4.78 is 19.2. The predicted octanol–water partition coefficient (Wildman–Crippen LogP) is 4.33. The van der Waals surface area contributed by atoms with Crippen molar-refractivity contribution >= 4 is 11.7 Å². The molecular formula is C24H28FN3O2. The Hall–Kier alpha value is -2.73. The maximum absolute atomic E-state index is 13.3. The molecule has 1 aromatic heterocycles. The van der Waals surface area contributed by atoms with Gasteiger partial charge in [-0.15, -0.1) is 0 Å². The summed E-state index contributed by atoms with van der Waals surface area (Å²) in [6.07, 6.45) is 6.55. The number of ether oxygens (including phenoxy) is 1. The van der Waals surface area contributed by atoms with Crippen LogP contribution in [-0.4, -0.2) is 40.0 Å². The van der Waals surface area contributed by atoms with Gasteiger partial charge < -0.3 is 4.74 Å². The van der Waals surface area contributed by atoms with Gasteiger partial charge in [-0.25, -0.2) is 9.37 Å². The second kappa shape index (κ2) is 8.19. The lowest BCUT2D eigenvalue weighted by Gasteiger charge is -2.47. The molecule has 1 amide bonds. The lowest BCUT2D eigenvalue weighted by atomic mass is 9.83. The van der Waals surface area contributed by atoms with E-state index in [2.05, 4.69) is 28.9 Å². The van der Waals surface area contributed by atoms with E-state index >= 15 is 0 Å². The minimum absolute atomic E-state index is 0.0895. The highest BCUT2D eigenvalue weighted by atomic mass is 19.1. The number of carbonyl (C=O) groups is 1. The number of rotatable bonds is 5. The molecule has 5 nitrogen and oxygen atoms in total. The number of anilines is 1. The number of benzene rings is 1. The van der Waals surface area contributed by atoms with Crippen LogP contribution in [-0.2, 0) is 11.3 Å². The van der Waals surface area contributed by atoms with Crippen molar-refractivity contribution in [3.8, 4) is 5.75 Å². The molecule has 0 saturated carbocycles. The van der Waals surface area contributed by atoms with Crippen molar-refractivity contribution in [2.75, 3.05) is 11.4 Å². The molecule has 0 unspecified atom stereocenters. The summed E-state index contributed by atoms with van der Waals surface area (Å²) in [6, 6.07) is 11.4. The van der Waals surface area contributed by atoms with Crippen LogP contribution in [0.5, 0.6) is 5.75 Å². The topological polar surface area (TPSA) is 45.7 Å². The fraction of sp³-hybridized carbons (Fsp3) is 0.417. The number of hydrogen-bond donors (Lipinski definition) is 0. The molecule has 2 aliphatic rings. The summed E-state index contributed by atoms with van der Waals surface area (Å²) in [4.78, 5) is 21.0. The Kier molecular flexibility index (Phi) is 5.60. The Morgan fingerprint density at radius 3 is 2.83 bits per heavy atom. The average Bonchev–Trinajstić information content (AvgIpc) is 3.00. The first-order valence-corrected chi connectivity index (χ1v) is 10.5. The third kappa shape index (κ3) is 4.10. The molecule has 1 fully saturated rings. The Balaban J connectivity index is 1.49. The van der Waals surface area contributed by atoms with Crippen LogP contribution in [0, 0.1) is 5.82 Å². The zero-order chi connectivity index (χ0) is 21.3. The number of amides is 1. The largest absolute Gasteiger partial charge is 0.491 e. The smallest absolute Gasteiger partial charge is 0.252 e. The van der Waals surface area contributed by atoms with Gasteiger partial charge in [0.1, 0.15) is 17.4 Å². The summed E-state index contributed by atoms with van der Waals surface area (Å²) >= 11 is 0. The molecule has 1 aromatic carbocycles. The molecule has 0 N–H and O–H groups in total. The standard InChI is InChI=1S/C24H28FN3O2/c1-17(2)30-21-6-4-5-19(13-21)16-27-12-11-24(14-18(27)3)10-9-23(29)28(24)22-8-7-20(25)15-26-22/h4-10,13,15,17-18H,11-12,14,16H2,1-3H3/t18-,24+/m0/s1. The zero-order valence-corrected chi connectivity index (χ0v) is 17.7. The van der Waals surface area contributed by atoms with Gasteiger partial charge in [0, 0.05) is 25.2 Å². The minimum Gasteiger partial charge on any atom is -0.491 e. The molecule has 158 valence electrons. The number of likely N-dealkylation sites (tertiary alicyclic amines) is 1. The van der Waals surface area contributed by atoms with Crippen LogP contribution in [0.4, 0.5) is 10.2 Å². The number of pyridine rings is 1. The Bertz CT molecular complexity index is 944. The molecular weight excluding hydrogens is 381 g/mol. The van der Waals surface area contributed by atoms with E-state index in [1.165, 1.54) is 17.8 Å². The summed E-state index contributed by atoms with van der Waals surface area (Å²) in [5, 5.41) is 0. The van der Waals surface area contributed by atoms with Crippen molar-refractivity contribution < 1.29 is 13.9 Å². The molecule has 2 aliphatic heterocycles. The fourth-order valence-electron chi connectivity index (χ4n) is 4.55. The minimum atomic E-state index is -0.403. The van der Waals surface area contributed by atoms with Crippen molar-refractivity contribution in [3.63, 3.8) is 0 Å². The summed E-state index contributed by atoms with van der Waals surface area (Å²) in [5.74, 6) is 0.902. The van der Waals surface area contributed by atoms with E-state index in [0.29, 0.717) is 5.82 Å². The predicted molar refractivity (Wildman–Crippen MR) is 115 cm³/mol. The lowest BCUT2D eigenvalue weighted by molar-refractivity contribution is -0.114. The van der Waals surface area contributed by atoms with Gasteiger partial charge in [0.15, 0.2) is 0 Å². The Labute approximate surface area is 177 Å². The van der Waals surface area contributed by atoms with Crippen molar-refractivity contribution in [1.82, 2.24) is 9.88 Å². The highest BCUT2D eigenvalue weighted by Crippen LogP contribution is 2.40. The van der Waals surface area contributed by atoms with Crippen LogP contribution in [0.1, 0.15) is 39.2 Å². The van der Waals surface area contributed by atoms with E-state index in [-0.39, 0.29) is 18.1 Å². The molecule has 1 saturated heterocycles. The van der Waals surface area contributed by atoms with Crippen LogP contribution in [0.2, 0.25) is 0 Å². The van der Waals surface area contributed by atoms with Gasteiger partial charge in [-0.3, -0.25) is 14.6 Å². The van der Waals surface area contributed by atoms with Gasteiger partial charge in [-0.05, 0) is 63.4 Å². The van der Waals surface area contributed by atoms with E-state index in [4.69, 9.17) is 4.74 Å². The molecule has 2 aromatic rings. The highest BCUT2D eigenvalue weighted by molar-refractivity contribution is 6.05. The van der Waals surface area contributed by atoms with Gasteiger partial charge in [-0.1, -0.05) is 18.2 Å². The second-order valence-corrected chi connectivity index (χ2v) is 8.53. The molecule has 6 heteroatoms. The van der Waals surface area contributed by atoms with Gasteiger partial charge in [-0.2, -0.15) is 0 Å². The quantitative estimate of drug-likeness (QED) is 0.737. The van der Waals surface area contributed by atoms with E-state index in [1.54, 1.807) is 17.0 Å². The maximum Gasteiger partial charge on any atom is 0.252 e. The Morgan fingerprint density at radius 2 is 2.13 bits per heavy atom. The average molecular weight is 410 g/mol. The fourth-order valence-corrected chi connectivity index (χ4v) is 4.55. The second-order valence-electron chi connectivity index (χ2n) is 8.53. The number of carbonyl (C=O) groups excluding carboxylic acids is 1. The lowest BCUT2D eigenvalue weighted by Crippen LogP contribution is -2.56. The third-order valence-electron chi connectivity index (χ3n) is 5.90. The summed E-state index contributed by atoms with van der Waals surface area (Å²) in [6.45, 7) is 7.93. The molecule has 0 aliphatic carbocycles. The zero-order valence-electron chi connectivity index (χ0n) is 17.7. The van der Waals surface area contributed by atoms with E-state index < -0.39 is 11.4 Å². The molecule has 0 radical (unpaired) electrons. The summed E-state index contributed by atoms with van der Waals surface area (Å²) in [7, 11) is 0. The number of halogens is 1. The van der Waals surface area contributed by atoms with Crippen LogP contribution in [0.15, 0.2) is 54.7 Å². The highest BCUT2D eigenvalue weighted by Gasteiger charge is 2.46. The van der Waals surface area contributed by atoms with Crippen molar-refractivity contribution in [3.05, 3.63) is 66.1 Å². The monoisotopic (exact) mass is 409 g/mol. The van der Waals surface area contributed by atoms with Gasteiger partial charge >= 0.3 is 0 Å². The third-order valence-corrected chi connectivity index (χ3v) is 5.90. The number of piperidine rings is 1. The number of nitrogens with zero attached hydrogens (tertiary/aromatic N) is 3. The molecule has 1 spiro atoms. The summed E-state index contributed by atoms with van der Waals surface area (Å²) in [5.41, 5.74) is 0.812. The molecule has 3 heterocycles. The SMILES string of the molecule is CC(C)Oc1cccc(CN2CC[C@]3(C=CC(=O)N3c3ccc(F)cn3)C[C@@H]2C)c1. The molecule has 30 heavy (non-hydrogen) atoms. The maximum atomic E-state index is 13.3. The van der Waals surface area contributed by atoms with Gasteiger partial charge in [0.25, 0.3) is 5.91 Å². The van der Waals surface area contributed by atoms with E-state index in [0.717, 1.165) is 31.7 Å². The first-order valence-electron chi connectivity index (χ1n) is 10.5. The van der Waals surface area contributed by atoms with E-state index in [9.17, 15) is 9.18 Å². The number of aromatic nitrogens is 1. The first-order chi connectivity index (χ1) is 14.4. The first kappa shape index (κ1) is 20.5. The van der Waals surface area contributed by atoms with Crippen LogP contribution >= 0.6 is 0 Å². The van der Waals surface area contributed by atoms with Crippen LogP contribution in [0.3, 0.4) is 0 Å². The van der Waals surface area contributed by atoms with Crippen molar-refractivity contribution in [2.24, 2.45) is 0 Å². The molecule has 0 bridgehead atoms. The van der Waals surface area contributed by atoms with Crippen molar-refractivity contribution in [2.45, 2.75) is 57.8 Å². The van der Waals surface area contributed by atoms with Crippen LogP contribution in [0.25, 0.3) is 0 Å². The van der Waals surface area contributed by atoms with Gasteiger partial charge in [0.2, 0.25) is 0 Å². The van der Waals surface area contributed by atoms with Gasteiger partial charge in [0.05, 0.1) is 17.8 Å².